The first kappa shape index (κ1) is 21.2. The van der Waals surface area contributed by atoms with Gasteiger partial charge in [-0.05, 0) is 26.7 Å². The number of amides is 2. The molecule has 0 saturated carbocycles. The maximum Gasteiger partial charge on any atom is 0.244 e. The molecule has 0 aliphatic heterocycles. The van der Waals surface area contributed by atoms with E-state index in [1.165, 1.54) is 0 Å². The van der Waals surface area contributed by atoms with Gasteiger partial charge in [-0.15, -0.1) is 0 Å². The second-order valence-electron chi connectivity index (χ2n) is 8.78. The van der Waals surface area contributed by atoms with Crippen LogP contribution in [0.1, 0.15) is 61.1 Å². The molecule has 1 aromatic rings. The van der Waals surface area contributed by atoms with Gasteiger partial charge < -0.3 is 16.4 Å². The summed E-state index contributed by atoms with van der Waals surface area (Å²) < 4.78 is 1.80. The van der Waals surface area contributed by atoms with E-state index < -0.39 is 6.04 Å². The standard InChI is InChI=1S/C18H33N5O2/c1-11(2)15(19)16(25)20-10-14(24)21-13-9-12(17(3,4)5)22-23(13)18(6,7)8/h9,11,15H,10,19H2,1-8H3,(H,20,25)(H,21,24)/t15-/m0/s1. The second-order valence-corrected chi connectivity index (χ2v) is 8.78. The lowest BCUT2D eigenvalue weighted by atomic mass is 9.92. The molecule has 0 fully saturated rings. The number of nitrogens with two attached hydrogens (primary N) is 1. The number of carbonyl (C=O) groups is 2. The van der Waals surface area contributed by atoms with Gasteiger partial charge in [-0.3, -0.25) is 9.59 Å². The lowest BCUT2D eigenvalue weighted by molar-refractivity contribution is -0.125. The zero-order chi connectivity index (χ0) is 19.6. The highest BCUT2D eigenvalue weighted by Crippen LogP contribution is 2.28. The van der Waals surface area contributed by atoms with Crippen LogP contribution in [0, 0.1) is 5.92 Å². The van der Waals surface area contributed by atoms with Gasteiger partial charge in [0, 0.05) is 11.5 Å². The van der Waals surface area contributed by atoms with Crippen molar-refractivity contribution in [2.75, 3.05) is 11.9 Å². The van der Waals surface area contributed by atoms with E-state index in [2.05, 4.69) is 36.5 Å². The summed E-state index contributed by atoms with van der Waals surface area (Å²) in [5.41, 5.74) is 6.25. The molecule has 7 heteroatoms. The Balaban J connectivity index is 2.86. The number of nitrogens with one attached hydrogen (secondary N) is 2. The van der Waals surface area contributed by atoms with E-state index >= 15 is 0 Å². The maximum atomic E-state index is 12.2. The fourth-order valence-corrected chi connectivity index (χ4v) is 2.12. The minimum atomic E-state index is -0.625. The Hall–Kier alpha value is -1.89. The third-order valence-corrected chi connectivity index (χ3v) is 3.82. The fraction of sp³-hybridized carbons (Fsp3) is 0.722. The molecule has 0 aliphatic carbocycles. The lowest BCUT2D eigenvalue weighted by Gasteiger charge is -2.23. The summed E-state index contributed by atoms with van der Waals surface area (Å²) in [5, 5.41) is 10.1. The van der Waals surface area contributed by atoms with Gasteiger partial charge in [-0.2, -0.15) is 5.10 Å². The van der Waals surface area contributed by atoms with Crippen LogP contribution in [0.2, 0.25) is 0 Å². The summed E-state index contributed by atoms with van der Waals surface area (Å²) in [6.07, 6.45) is 0. The van der Waals surface area contributed by atoms with Gasteiger partial charge in [0.05, 0.1) is 23.8 Å². The van der Waals surface area contributed by atoms with Crippen LogP contribution in [-0.4, -0.2) is 34.2 Å². The average molecular weight is 351 g/mol. The second kappa shape index (κ2) is 7.56. The van der Waals surface area contributed by atoms with Crippen molar-refractivity contribution in [2.24, 2.45) is 11.7 Å². The minimum Gasteiger partial charge on any atom is -0.346 e. The van der Waals surface area contributed by atoms with E-state index in [0.29, 0.717) is 5.82 Å². The number of hydrogen-bond acceptors (Lipinski definition) is 4. The molecular formula is C18H33N5O2. The van der Waals surface area contributed by atoms with E-state index in [4.69, 9.17) is 5.73 Å². The summed E-state index contributed by atoms with van der Waals surface area (Å²) in [6, 6.07) is 1.26. The largest absolute Gasteiger partial charge is 0.346 e. The molecule has 0 saturated heterocycles. The van der Waals surface area contributed by atoms with Crippen molar-refractivity contribution < 1.29 is 9.59 Å². The Kier molecular flexibility index (Phi) is 6.39. The predicted molar refractivity (Wildman–Crippen MR) is 100 cm³/mol. The van der Waals surface area contributed by atoms with Gasteiger partial charge in [0.2, 0.25) is 11.8 Å². The molecule has 2 amide bonds. The van der Waals surface area contributed by atoms with Gasteiger partial charge in [-0.1, -0.05) is 34.6 Å². The first-order chi connectivity index (χ1) is 11.2. The van der Waals surface area contributed by atoms with Crippen molar-refractivity contribution in [3.05, 3.63) is 11.8 Å². The van der Waals surface area contributed by atoms with Crippen LogP contribution in [0.3, 0.4) is 0 Å². The third kappa shape index (κ3) is 5.85. The van der Waals surface area contributed by atoms with Crippen molar-refractivity contribution >= 4 is 17.6 Å². The number of carbonyl (C=O) groups excluding carboxylic acids is 2. The highest BCUT2D eigenvalue weighted by molar-refractivity contribution is 5.94. The number of nitrogens with zero attached hydrogens (tertiary/aromatic N) is 2. The molecule has 0 spiro atoms. The Morgan fingerprint density at radius 3 is 2.20 bits per heavy atom. The molecule has 1 heterocycles. The smallest absolute Gasteiger partial charge is 0.244 e. The highest BCUT2D eigenvalue weighted by Gasteiger charge is 2.26. The highest BCUT2D eigenvalue weighted by atomic mass is 16.2. The number of aromatic nitrogens is 2. The number of rotatable bonds is 5. The molecule has 1 atom stereocenters. The van der Waals surface area contributed by atoms with Crippen molar-refractivity contribution in [1.29, 1.82) is 0 Å². The molecule has 4 N–H and O–H groups in total. The zero-order valence-corrected chi connectivity index (χ0v) is 16.7. The molecule has 142 valence electrons. The Morgan fingerprint density at radius 2 is 1.76 bits per heavy atom. The van der Waals surface area contributed by atoms with E-state index in [1.54, 1.807) is 4.68 Å². The maximum absolute atomic E-state index is 12.2. The van der Waals surface area contributed by atoms with Gasteiger partial charge in [-0.25, -0.2) is 4.68 Å². The first-order valence-electron chi connectivity index (χ1n) is 8.67. The molecule has 1 rings (SSSR count). The van der Waals surface area contributed by atoms with E-state index in [-0.39, 0.29) is 35.2 Å². The summed E-state index contributed by atoms with van der Waals surface area (Å²) >= 11 is 0. The average Bonchev–Trinajstić information content (AvgIpc) is 2.87. The van der Waals surface area contributed by atoms with Crippen molar-refractivity contribution in [1.82, 2.24) is 15.1 Å². The van der Waals surface area contributed by atoms with Crippen LogP contribution in [0.5, 0.6) is 0 Å². The predicted octanol–water partition coefficient (Wildman–Crippen LogP) is 1.97. The van der Waals surface area contributed by atoms with Crippen molar-refractivity contribution in [3.63, 3.8) is 0 Å². The van der Waals surface area contributed by atoms with Gasteiger partial charge in [0.15, 0.2) is 0 Å². The molecule has 0 bridgehead atoms. The van der Waals surface area contributed by atoms with Crippen LogP contribution in [0.4, 0.5) is 5.82 Å². The van der Waals surface area contributed by atoms with Gasteiger partial charge in [0.25, 0.3) is 0 Å². The van der Waals surface area contributed by atoms with Crippen LogP contribution in [0.25, 0.3) is 0 Å². The molecule has 0 aromatic carbocycles. The summed E-state index contributed by atoms with van der Waals surface area (Å²) in [5.74, 6) is -0.00964. The number of hydrogen-bond donors (Lipinski definition) is 3. The van der Waals surface area contributed by atoms with Crippen LogP contribution < -0.4 is 16.4 Å². The summed E-state index contributed by atoms with van der Waals surface area (Å²) in [4.78, 5) is 24.1. The zero-order valence-electron chi connectivity index (χ0n) is 16.7. The normalized spacial score (nSPS) is 13.7. The summed E-state index contributed by atoms with van der Waals surface area (Å²) in [7, 11) is 0. The molecule has 1 aromatic heterocycles. The Morgan fingerprint density at radius 1 is 1.20 bits per heavy atom. The Bertz CT molecular complexity index is 620. The van der Waals surface area contributed by atoms with Crippen LogP contribution in [-0.2, 0) is 20.5 Å². The molecule has 0 radical (unpaired) electrons. The van der Waals surface area contributed by atoms with Gasteiger partial charge in [0.1, 0.15) is 5.82 Å². The third-order valence-electron chi connectivity index (χ3n) is 3.82. The van der Waals surface area contributed by atoms with E-state index in [9.17, 15) is 9.59 Å². The lowest BCUT2D eigenvalue weighted by Crippen LogP contribution is -2.46. The van der Waals surface area contributed by atoms with E-state index in [1.807, 2.05) is 40.7 Å². The molecular weight excluding hydrogens is 318 g/mol. The topological polar surface area (TPSA) is 102 Å². The number of anilines is 1. The first-order valence-corrected chi connectivity index (χ1v) is 8.67. The molecule has 25 heavy (non-hydrogen) atoms. The van der Waals surface area contributed by atoms with Crippen LogP contribution >= 0.6 is 0 Å². The van der Waals surface area contributed by atoms with E-state index in [0.717, 1.165) is 5.69 Å². The fourth-order valence-electron chi connectivity index (χ4n) is 2.12. The van der Waals surface area contributed by atoms with Crippen molar-refractivity contribution in [2.45, 2.75) is 72.4 Å². The molecule has 0 aliphatic rings. The SMILES string of the molecule is CC(C)[C@H](N)C(=O)NCC(=O)Nc1cc(C(C)(C)C)nn1C(C)(C)C. The summed E-state index contributed by atoms with van der Waals surface area (Å²) in [6.45, 7) is 15.9. The van der Waals surface area contributed by atoms with Gasteiger partial charge >= 0.3 is 0 Å². The monoisotopic (exact) mass is 351 g/mol. The minimum absolute atomic E-state index is 0.0136. The quantitative estimate of drug-likeness (QED) is 0.755. The van der Waals surface area contributed by atoms with Crippen molar-refractivity contribution in [3.8, 4) is 0 Å². The Labute approximate surface area is 150 Å². The van der Waals surface area contributed by atoms with Crippen LogP contribution in [0.15, 0.2) is 6.07 Å². The molecule has 0 unspecified atom stereocenters. The molecule has 7 nitrogen and oxygen atoms in total.